The minimum atomic E-state index is 1.17. The van der Waals surface area contributed by atoms with Crippen LogP contribution in [-0.4, -0.2) is 25.0 Å². The van der Waals surface area contributed by atoms with Gasteiger partial charge in [-0.15, -0.1) is 0 Å². The van der Waals surface area contributed by atoms with Crippen molar-refractivity contribution in [2.45, 2.75) is 19.8 Å². The summed E-state index contributed by atoms with van der Waals surface area (Å²) in [7, 11) is 2.20. The van der Waals surface area contributed by atoms with Gasteiger partial charge >= 0.3 is 0 Å². The molecule has 2 rings (SSSR count). The van der Waals surface area contributed by atoms with Gasteiger partial charge in [0, 0.05) is 17.6 Å². The summed E-state index contributed by atoms with van der Waals surface area (Å²) in [6.07, 6.45) is 2.36. The summed E-state index contributed by atoms with van der Waals surface area (Å²) in [4.78, 5) is 2.40. The van der Waals surface area contributed by atoms with E-state index in [9.17, 15) is 0 Å². The van der Waals surface area contributed by atoms with Crippen molar-refractivity contribution in [1.29, 1.82) is 0 Å². The second kappa shape index (κ2) is 4.03. The molecule has 0 bridgehead atoms. The second-order valence-corrected chi connectivity index (χ2v) is 4.93. The fraction of sp³-hybridized carbons (Fsp3) is 0.500. The van der Waals surface area contributed by atoms with E-state index in [4.69, 9.17) is 0 Å². The van der Waals surface area contributed by atoms with Gasteiger partial charge in [0.2, 0.25) is 0 Å². The Morgan fingerprint density at radius 2 is 1.93 bits per heavy atom. The lowest BCUT2D eigenvalue weighted by atomic mass is 10.0. The van der Waals surface area contributed by atoms with Gasteiger partial charge in [-0.2, -0.15) is 0 Å². The van der Waals surface area contributed by atoms with Crippen LogP contribution in [0.5, 0.6) is 0 Å². The van der Waals surface area contributed by atoms with Crippen molar-refractivity contribution in [3.05, 3.63) is 33.3 Å². The molecule has 0 saturated carbocycles. The summed E-state index contributed by atoms with van der Waals surface area (Å²) in [5.74, 6) is 0. The van der Waals surface area contributed by atoms with Crippen molar-refractivity contribution in [3.63, 3.8) is 0 Å². The Morgan fingerprint density at radius 3 is 2.71 bits per heavy atom. The van der Waals surface area contributed by atoms with Crippen molar-refractivity contribution < 1.29 is 0 Å². The molecule has 14 heavy (non-hydrogen) atoms. The highest BCUT2D eigenvalue weighted by Gasteiger charge is 2.14. The molecule has 1 aliphatic rings. The van der Waals surface area contributed by atoms with Crippen LogP contribution in [-0.2, 0) is 12.8 Å². The van der Waals surface area contributed by atoms with Crippen LogP contribution < -0.4 is 0 Å². The van der Waals surface area contributed by atoms with Crippen LogP contribution in [0.15, 0.2) is 16.6 Å². The number of likely N-dealkylation sites (N-methyl/N-ethyl adjacent to an activating group) is 1. The van der Waals surface area contributed by atoms with Crippen LogP contribution in [0.1, 0.15) is 16.7 Å². The molecule has 2 heteroatoms. The van der Waals surface area contributed by atoms with E-state index in [2.05, 4.69) is 46.9 Å². The van der Waals surface area contributed by atoms with Crippen LogP contribution in [0.25, 0.3) is 0 Å². The fourth-order valence-corrected chi connectivity index (χ4v) is 2.59. The number of halogens is 1. The molecule has 0 aliphatic carbocycles. The average molecular weight is 254 g/mol. The van der Waals surface area contributed by atoms with Gasteiger partial charge in [0.15, 0.2) is 0 Å². The molecule has 0 saturated heterocycles. The molecule has 0 spiro atoms. The lowest BCUT2D eigenvalue weighted by Crippen LogP contribution is -2.20. The van der Waals surface area contributed by atoms with Crippen molar-refractivity contribution in [2.24, 2.45) is 0 Å². The first-order valence-corrected chi connectivity index (χ1v) is 5.93. The molecule has 1 aliphatic heterocycles. The molecule has 0 amide bonds. The van der Waals surface area contributed by atoms with E-state index in [1.807, 2.05) is 0 Å². The van der Waals surface area contributed by atoms with Crippen LogP contribution in [0, 0.1) is 6.92 Å². The molecule has 1 aromatic rings. The zero-order valence-corrected chi connectivity index (χ0v) is 10.4. The van der Waals surface area contributed by atoms with Crippen molar-refractivity contribution in [2.75, 3.05) is 20.1 Å². The third kappa shape index (κ3) is 1.86. The molecule has 0 radical (unpaired) electrons. The van der Waals surface area contributed by atoms with Crippen molar-refractivity contribution in [1.82, 2.24) is 4.90 Å². The SMILES string of the molecule is Cc1ccc2c(c1Br)CCN(C)CC2. The summed E-state index contributed by atoms with van der Waals surface area (Å²) in [6, 6.07) is 4.50. The summed E-state index contributed by atoms with van der Waals surface area (Å²) in [6.45, 7) is 4.52. The van der Waals surface area contributed by atoms with E-state index in [1.54, 1.807) is 0 Å². The Labute approximate surface area is 94.2 Å². The van der Waals surface area contributed by atoms with Crippen molar-refractivity contribution >= 4 is 15.9 Å². The number of fused-ring (bicyclic) bond motifs is 1. The van der Waals surface area contributed by atoms with Gasteiger partial charge in [-0.1, -0.05) is 28.1 Å². The summed E-state index contributed by atoms with van der Waals surface area (Å²) in [5.41, 5.74) is 4.40. The first kappa shape index (κ1) is 10.2. The molecule has 1 heterocycles. The highest BCUT2D eigenvalue weighted by Crippen LogP contribution is 2.27. The molecular weight excluding hydrogens is 238 g/mol. The highest BCUT2D eigenvalue weighted by atomic mass is 79.9. The topological polar surface area (TPSA) is 3.24 Å². The number of benzene rings is 1. The maximum absolute atomic E-state index is 3.70. The van der Waals surface area contributed by atoms with Crippen LogP contribution >= 0.6 is 15.9 Å². The lowest BCUT2D eigenvalue weighted by molar-refractivity contribution is 0.352. The highest BCUT2D eigenvalue weighted by molar-refractivity contribution is 9.10. The Hall–Kier alpha value is -0.340. The van der Waals surface area contributed by atoms with E-state index in [1.165, 1.54) is 47.1 Å². The molecule has 0 aromatic heterocycles. The third-order valence-corrected chi connectivity index (χ3v) is 4.14. The third-order valence-electron chi connectivity index (χ3n) is 3.04. The maximum atomic E-state index is 3.70. The standard InChI is InChI=1S/C12H16BrN/c1-9-3-4-10-5-7-14(2)8-6-11(10)12(9)13/h3-4H,5-8H2,1-2H3. The van der Waals surface area contributed by atoms with E-state index in [-0.39, 0.29) is 0 Å². The zero-order chi connectivity index (χ0) is 10.1. The average Bonchev–Trinajstić information content (AvgIpc) is 2.35. The molecule has 0 fully saturated rings. The van der Waals surface area contributed by atoms with Crippen molar-refractivity contribution in [3.8, 4) is 0 Å². The van der Waals surface area contributed by atoms with Crippen LogP contribution in [0.3, 0.4) is 0 Å². The first-order valence-electron chi connectivity index (χ1n) is 5.14. The molecule has 1 nitrogen and oxygen atoms in total. The van der Waals surface area contributed by atoms with E-state index in [0.717, 1.165) is 0 Å². The molecular formula is C12H16BrN. The predicted molar refractivity (Wildman–Crippen MR) is 63.8 cm³/mol. The van der Waals surface area contributed by atoms with Gasteiger partial charge in [0.1, 0.15) is 0 Å². The minimum absolute atomic E-state index is 1.17. The van der Waals surface area contributed by atoms with Gasteiger partial charge in [-0.3, -0.25) is 0 Å². The number of hydrogen-bond donors (Lipinski definition) is 0. The number of aryl methyl sites for hydroxylation is 1. The first-order chi connectivity index (χ1) is 6.68. The smallest absolute Gasteiger partial charge is 0.0239 e. The monoisotopic (exact) mass is 253 g/mol. The molecule has 0 unspecified atom stereocenters. The summed E-state index contributed by atoms with van der Waals surface area (Å²) in [5, 5.41) is 0. The predicted octanol–water partition coefficient (Wildman–Crippen LogP) is 2.79. The minimum Gasteiger partial charge on any atom is -0.306 e. The van der Waals surface area contributed by atoms with Gasteiger partial charge in [0.25, 0.3) is 0 Å². The van der Waals surface area contributed by atoms with Gasteiger partial charge < -0.3 is 4.90 Å². The Kier molecular flexibility index (Phi) is 2.93. The van der Waals surface area contributed by atoms with Gasteiger partial charge in [-0.25, -0.2) is 0 Å². The lowest BCUT2D eigenvalue weighted by Gasteiger charge is -2.11. The Bertz CT molecular complexity index is 346. The molecule has 0 atom stereocenters. The molecule has 76 valence electrons. The Balaban J connectivity index is 2.41. The fourth-order valence-electron chi connectivity index (χ4n) is 2.01. The Morgan fingerprint density at radius 1 is 1.21 bits per heavy atom. The van der Waals surface area contributed by atoms with Crippen LogP contribution in [0.2, 0.25) is 0 Å². The molecule has 1 aromatic carbocycles. The second-order valence-electron chi connectivity index (χ2n) is 4.14. The maximum Gasteiger partial charge on any atom is 0.0239 e. The quantitative estimate of drug-likeness (QED) is 0.688. The van der Waals surface area contributed by atoms with E-state index in [0.29, 0.717) is 0 Å². The van der Waals surface area contributed by atoms with Gasteiger partial charge in [0.05, 0.1) is 0 Å². The number of rotatable bonds is 0. The van der Waals surface area contributed by atoms with E-state index < -0.39 is 0 Å². The summed E-state index contributed by atoms with van der Waals surface area (Å²) >= 11 is 3.70. The molecule has 0 N–H and O–H groups in total. The number of hydrogen-bond acceptors (Lipinski definition) is 1. The number of nitrogens with zero attached hydrogens (tertiary/aromatic N) is 1. The normalized spacial score (nSPS) is 17.6. The van der Waals surface area contributed by atoms with Gasteiger partial charge in [-0.05, 0) is 43.5 Å². The zero-order valence-electron chi connectivity index (χ0n) is 8.81. The summed E-state index contributed by atoms with van der Waals surface area (Å²) < 4.78 is 1.32. The van der Waals surface area contributed by atoms with E-state index >= 15 is 0 Å². The van der Waals surface area contributed by atoms with Crippen LogP contribution in [0.4, 0.5) is 0 Å². The largest absolute Gasteiger partial charge is 0.306 e.